The minimum Gasteiger partial charge on any atom is -0.496 e. The SMILES string of the molecule is COc1ccc(Cl)cc1C(=O)Nc1c(C(=O)Nc2ccc3c(c2)OCO3)oc2ccccc12. The number of halogens is 1. The molecular weight excluding hydrogens is 448 g/mol. The molecule has 0 aliphatic carbocycles. The Morgan fingerprint density at radius 1 is 0.939 bits per heavy atom. The zero-order valence-electron chi connectivity index (χ0n) is 17.3. The number of hydrogen-bond donors (Lipinski definition) is 2. The molecule has 3 aromatic carbocycles. The first-order valence-corrected chi connectivity index (χ1v) is 10.3. The van der Waals surface area contributed by atoms with Crippen molar-refractivity contribution in [1.29, 1.82) is 0 Å². The number of carbonyl (C=O) groups is 2. The van der Waals surface area contributed by atoms with Gasteiger partial charge in [-0.3, -0.25) is 9.59 Å². The van der Waals surface area contributed by atoms with E-state index < -0.39 is 11.8 Å². The maximum absolute atomic E-state index is 13.1. The second kappa shape index (κ2) is 8.40. The van der Waals surface area contributed by atoms with Crippen LogP contribution in [0.4, 0.5) is 11.4 Å². The average molecular weight is 465 g/mol. The highest BCUT2D eigenvalue weighted by Gasteiger charge is 2.25. The summed E-state index contributed by atoms with van der Waals surface area (Å²) in [6.45, 7) is 0.124. The van der Waals surface area contributed by atoms with Gasteiger partial charge in [0.05, 0.1) is 12.7 Å². The fourth-order valence-corrected chi connectivity index (χ4v) is 3.70. The highest BCUT2D eigenvalue weighted by Crippen LogP contribution is 2.36. The molecule has 0 spiro atoms. The van der Waals surface area contributed by atoms with Crippen LogP contribution < -0.4 is 24.8 Å². The largest absolute Gasteiger partial charge is 0.496 e. The highest BCUT2D eigenvalue weighted by atomic mass is 35.5. The molecule has 2 amide bonds. The van der Waals surface area contributed by atoms with Crippen molar-refractivity contribution in [3.63, 3.8) is 0 Å². The Morgan fingerprint density at radius 2 is 1.76 bits per heavy atom. The Morgan fingerprint density at radius 3 is 2.61 bits per heavy atom. The number of fused-ring (bicyclic) bond motifs is 2. The molecule has 1 aliphatic heterocycles. The lowest BCUT2D eigenvalue weighted by Crippen LogP contribution is -2.17. The summed E-state index contributed by atoms with van der Waals surface area (Å²) in [7, 11) is 1.46. The van der Waals surface area contributed by atoms with Crippen LogP contribution in [0.25, 0.3) is 11.0 Å². The zero-order chi connectivity index (χ0) is 22.9. The van der Waals surface area contributed by atoms with Gasteiger partial charge in [0.25, 0.3) is 11.8 Å². The molecule has 5 rings (SSSR count). The second-order valence-corrected chi connectivity index (χ2v) is 7.56. The molecule has 0 radical (unpaired) electrons. The maximum atomic E-state index is 13.1. The molecule has 2 heterocycles. The Labute approximate surface area is 193 Å². The number of anilines is 2. The lowest BCUT2D eigenvalue weighted by molar-refractivity contribution is 0.0999. The predicted octanol–water partition coefficient (Wildman–Crippen LogP) is 5.33. The van der Waals surface area contributed by atoms with E-state index in [4.69, 9.17) is 30.2 Å². The van der Waals surface area contributed by atoms with Gasteiger partial charge in [0.1, 0.15) is 17.0 Å². The first-order chi connectivity index (χ1) is 16.0. The Bertz CT molecular complexity index is 1400. The van der Waals surface area contributed by atoms with Gasteiger partial charge < -0.3 is 29.3 Å². The van der Waals surface area contributed by atoms with Crippen LogP contribution in [0.1, 0.15) is 20.9 Å². The molecular formula is C24H17ClN2O6. The third kappa shape index (κ3) is 3.92. The molecule has 0 atom stereocenters. The monoisotopic (exact) mass is 464 g/mol. The first kappa shape index (κ1) is 20.7. The number of hydrogen-bond acceptors (Lipinski definition) is 6. The number of nitrogens with one attached hydrogen (secondary N) is 2. The van der Waals surface area contributed by atoms with Crippen molar-refractivity contribution < 1.29 is 28.2 Å². The molecule has 0 saturated heterocycles. The van der Waals surface area contributed by atoms with Gasteiger partial charge in [-0.15, -0.1) is 0 Å². The van der Waals surface area contributed by atoms with Crippen molar-refractivity contribution in [1.82, 2.24) is 0 Å². The Kier molecular flexibility index (Phi) is 5.27. The van der Waals surface area contributed by atoms with Crippen molar-refractivity contribution in [3.05, 3.63) is 77.0 Å². The number of carbonyl (C=O) groups excluding carboxylic acids is 2. The van der Waals surface area contributed by atoms with E-state index in [-0.39, 0.29) is 23.8 Å². The standard InChI is InChI=1S/C24H17ClN2O6/c1-30-17-8-6-13(25)10-16(17)23(28)27-21-15-4-2-3-5-18(15)33-22(21)24(29)26-14-7-9-19-20(11-14)32-12-31-19/h2-11H,12H2,1H3,(H,26,29)(H,27,28). The molecule has 1 aromatic heterocycles. The van der Waals surface area contributed by atoms with Crippen LogP contribution in [-0.2, 0) is 0 Å². The van der Waals surface area contributed by atoms with E-state index in [2.05, 4.69) is 10.6 Å². The fourth-order valence-electron chi connectivity index (χ4n) is 3.53. The number of benzene rings is 3. The first-order valence-electron chi connectivity index (χ1n) is 9.91. The van der Waals surface area contributed by atoms with Gasteiger partial charge in [-0.05, 0) is 42.5 Å². The number of rotatable bonds is 5. The van der Waals surface area contributed by atoms with E-state index in [1.54, 1.807) is 54.6 Å². The summed E-state index contributed by atoms with van der Waals surface area (Å²) in [5.41, 5.74) is 1.38. The van der Waals surface area contributed by atoms with E-state index in [9.17, 15) is 9.59 Å². The fraction of sp³-hybridized carbons (Fsp3) is 0.0833. The summed E-state index contributed by atoms with van der Waals surface area (Å²) >= 11 is 6.07. The molecule has 4 aromatic rings. The van der Waals surface area contributed by atoms with Crippen molar-refractivity contribution in [3.8, 4) is 17.2 Å². The zero-order valence-corrected chi connectivity index (χ0v) is 18.1. The molecule has 9 heteroatoms. The summed E-state index contributed by atoms with van der Waals surface area (Å²) in [5, 5.41) is 6.50. The average Bonchev–Trinajstić information content (AvgIpc) is 3.43. The third-order valence-electron chi connectivity index (χ3n) is 5.08. The van der Waals surface area contributed by atoms with Crippen LogP contribution in [0.2, 0.25) is 5.02 Å². The van der Waals surface area contributed by atoms with Crippen LogP contribution in [0.5, 0.6) is 17.2 Å². The van der Waals surface area contributed by atoms with E-state index in [1.165, 1.54) is 13.2 Å². The number of ether oxygens (including phenoxy) is 3. The molecule has 1 aliphatic rings. The van der Waals surface area contributed by atoms with Gasteiger partial charge in [-0.2, -0.15) is 0 Å². The van der Waals surface area contributed by atoms with Gasteiger partial charge in [0.2, 0.25) is 12.6 Å². The van der Waals surface area contributed by atoms with Gasteiger partial charge >= 0.3 is 0 Å². The maximum Gasteiger partial charge on any atom is 0.293 e. The Balaban J connectivity index is 1.49. The number of para-hydroxylation sites is 1. The van der Waals surface area contributed by atoms with Crippen molar-refractivity contribution in [2.24, 2.45) is 0 Å². The van der Waals surface area contributed by atoms with Gasteiger partial charge in [0.15, 0.2) is 11.5 Å². The molecule has 2 N–H and O–H groups in total. The van der Waals surface area contributed by atoms with Gasteiger partial charge in [-0.25, -0.2) is 0 Å². The summed E-state index contributed by atoms with van der Waals surface area (Å²) in [6, 6.07) is 16.8. The normalized spacial score (nSPS) is 11.9. The van der Waals surface area contributed by atoms with E-state index in [0.29, 0.717) is 38.9 Å². The third-order valence-corrected chi connectivity index (χ3v) is 5.31. The van der Waals surface area contributed by atoms with Crippen LogP contribution in [-0.4, -0.2) is 25.7 Å². The minimum atomic E-state index is -0.543. The summed E-state index contributed by atoms with van der Waals surface area (Å²) in [6.07, 6.45) is 0. The Hall–Kier alpha value is -4.17. The number of methoxy groups -OCH3 is 1. The summed E-state index contributed by atoms with van der Waals surface area (Å²) in [4.78, 5) is 26.2. The van der Waals surface area contributed by atoms with Crippen molar-refractivity contribution in [2.75, 3.05) is 24.5 Å². The van der Waals surface area contributed by atoms with Crippen molar-refractivity contribution >= 4 is 45.8 Å². The van der Waals surface area contributed by atoms with E-state index in [0.717, 1.165) is 0 Å². The molecule has 0 unspecified atom stereocenters. The van der Waals surface area contributed by atoms with Crippen LogP contribution in [0.3, 0.4) is 0 Å². The molecule has 8 nitrogen and oxygen atoms in total. The number of furan rings is 1. The van der Waals surface area contributed by atoms with Crippen LogP contribution in [0.15, 0.2) is 65.1 Å². The smallest absolute Gasteiger partial charge is 0.293 e. The van der Waals surface area contributed by atoms with Gasteiger partial charge in [-0.1, -0.05) is 23.7 Å². The predicted molar refractivity (Wildman–Crippen MR) is 123 cm³/mol. The lowest BCUT2D eigenvalue weighted by Gasteiger charge is -2.10. The lowest BCUT2D eigenvalue weighted by atomic mass is 10.1. The van der Waals surface area contributed by atoms with E-state index >= 15 is 0 Å². The van der Waals surface area contributed by atoms with Crippen molar-refractivity contribution in [2.45, 2.75) is 0 Å². The molecule has 0 fully saturated rings. The molecule has 0 saturated carbocycles. The molecule has 33 heavy (non-hydrogen) atoms. The highest BCUT2D eigenvalue weighted by molar-refractivity contribution is 6.31. The van der Waals surface area contributed by atoms with Crippen LogP contribution in [0, 0.1) is 0 Å². The summed E-state index contributed by atoms with van der Waals surface area (Å²) < 4.78 is 21.7. The summed E-state index contributed by atoms with van der Waals surface area (Å²) in [5.74, 6) is 0.370. The molecule has 166 valence electrons. The quantitative estimate of drug-likeness (QED) is 0.414. The van der Waals surface area contributed by atoms with Gasteiger partial charge in [0, 0.05) is 22.2 Å². The van der Waals surface area contributed by atoms with Crippen LogP contribution >= 0.6 is 11.6 Å². The topological polar surface area (TPSA) is 99.0 Å². The van der Waals surface area contributed by atoms with E-state index in [1.807, 2.05) is 0 Å². The second-order valence-electron chi connectivity index (χ2n) is 7.12. The molecule has 0 bridgehead atoms. The number of amides is 2. The minimum absolute atomic E-state index is 0.0526.